The predicted octanol–water partition coefficient (Wildman–Crippen LogP) is 0.303. The van der Waals surface area contributed by atoms with Crippen molar-refractivity contribution in [3.8, 4) is 0 Å². The number of carbonyl (C=O) groups is 1. The second-order valence-corrected chi connectivity index (χ2v) is 3.26. The molecular formula is C9H17NO3. The number of rotatable bonds is 4. The van der Waals surface area contributed by atoms with Crippen molar-refractivity contribution in [2.45, 2.75) is 25.9 Å². The molecule has 0 bridgehead atoms. The second kappa shape index (κ2) is 5.19. The van der Waals surface area contributed by atoms with Crippen molar-refractivity contribution in [1.82, 2.24) is 0 Å². The van der Waals surface area contributed by atoms with Gasteiger partial charge >= 0.3 is 5.97 Å². The normalized spacial score (nSPS) is 24.3. The van der Waals surface area contributed by atoms with Gasteiger partial charge in [0.2, 0.25) is 0 Å². The van der Waals surface area contributed by atoms with Crippen LogP contribution in [0.4, 0.5) is 0 Å². The highest BCUT2D eigenvalue weighted by atomic mass is 16.6. The zero-order chi connectivity index (χ0) is 9.68. The number of esters is 1. The quantitative estimate of drug-likeness (QED) is 0.643. The van der Waals surface area contributed by atoms with Gasteiger partial charge in [-0.25, -0.2) is 0 Å². The van der Waals surface area contributed by atoms with Crippen LogP contribution in [0, 0.1) is 5.92 Å². The van der Waals surface area contributed by atoms with E-state index in [1.165, 1.54) is 0 Å². The molecule has 1 aliphatic rings. The number of carbonyl (C=O) groups excluding carboxylic acids is 1. The molecule has 1 rings (SSSR count). The maximum absolute atomic E-state index is 11.4. The Morgan fingerprint density at radius 1 is 1.77 bits per heavy atom. The van der Waals surface area contributed by atoms with Gasteiger partial charge in [-0.05, 0) is 6.42 Å². The second-order valence-electron chi connectivity index (χ2n) is 3.26. The van der Waals surface area contributed by atoms with Crippen LogP contribution >= 0.6 is 0 Å². The molecule has 0 aliphatic carbocycles. The van der Waals surface area contributed by atoms with Gasteiger partial charge in [0, 0.05) is 13.0 Å². The molecule has 2 atom stereocenters. The van der Waals surface area contributed by atoms with Gasteiger partial charge in [-0.15, -0.1) is 0 Å². The SMILES string of the molecule is CCC(CN)C(=O)OC1CCOC1. The molecule has 13 heavy (non-hydrogen) atoms. The fourth-order valence-corrected chi connectivity index (χ4v) is 1.30. The lowest BCUT2D eigenvalue weighted by Gasteiger charge is -2.15. The molecule has 0 aromatic carbocycles. The zero-order valence-corrected chi connectivity index (χ0v) is 7.99. The van der Waals surface area contributed by atoms with Crippen molar-refractivity contribution in [1.29, 1.82) is 0 Å². The van der Waals surface area contributed by atoms with Crippen LogP contribution in [-0.4, -0.2) is 31.8 Å². The topological polar surface area (TPSA) is 61.6 Å². The molecule has 0 radical (unpaired) electrons. The van der Waals surface area contributed by atoms with Crippen LogP contribution in [-0.2, 0) is 14.3 Å². The van der Waals surface area contributed by atoms with Gasteiger partial charge in [0.05, 0.1) is 19.1 Å². The number of hydrogen-bond acceptors (Lipinski definition) is 4. The fourth-order valence-electron chi connectivity index (χ4n) is 1.30. The lowest BCUT2D eigenvalue weighted by Crippen LogP contribution is -2.29. The largest absolute Gasteiger partial charge is 0.460 e. The van der Waals surface area contributed by atoms with Gasteiger partial charge in [-0.1, -0.05) is 6.92 Å². The van der Waals surface area contributed by atoms with Crippen molar-refractivity contribution in [2.24, 2.45) is 11.7 Å². The molecule has 0 amide bonds. The summed E-state index contributed by atoms with van der Waals surface area (Å²) in [6.45, 7) is 3.52. The molecular weight excluding hydrogens is 170 g/mol. The first-order valence-corrected chi connectivity index (χ1v) is 4.76. The van der Waals surface area contributed by atoms with E-state index in [-0.39, 0.29) is 18.0 Å². The van der Waals surface area contributed by atoms with Crippen LogP contribution in [0.2, 0.25) is 0 Å². The smallest absolute Gasteiger partial charge is 0.310 e. The Morgan fingerprint density at radius 3 is 3.00 bits per heavy atom. The highest BCUT2D eigenvalue weighted by Gasteiger charge is 2.23. The highest BCUT2D eigenvalue weighted by molar-refractivity contribution is 5.72. The Bertz CT molecular complexity index is 162. The molecule has 0 saturated carbocycles. The van der Waals surface area contributed by atoms with Crippen LogP contribution < -0.4 is 5.73 Å². The van der Waals surface area contributed by atoms with Crippen molar-refractivity contribution in [3.63, 3.8) is 0 Å². The molecule has 4 heteroatoms. The minimum Gasteiger partial charge on any atom is -0.460 e. The van der Waals surface area contributed by atoms with E-state index in [0.717, 1.165) is 12.8 Å². The van der Waals surface area contributed by atoms with E-state index in [9.17, 15) is 4.79 Å². The number of nitrogens with two attached hydrogens (primary N) is 1. The van der Waals surface area contributed by atoms with Crippen molar-refractivity contribution in [3.05, 3.63) is 0 Å². The van der Waals surface area contributed by atoms with E-state index in [0.29, 0.717) is 19.8 Å². The van der Waals surface area contributed by atoms with Crippen molar-refractivity contribution in [2.75, 3.05) is 19.8 Å². The summed E-state index contributed by atoms with van der Waals surface area (Å²) in [4.78, 5) is 11.4. The molecule has 2 N–H and O–H groups in total. The summed E-state index contributed by atoms with van der Waals surface area (Å²) in [7, 11) is 0. The molecule has 76 valence electrons. The first-order chi connectivity index (χ1) is 6.27. The Balaban J connectivity index is 2.29. The molecule has 0 spiro atoms. The standard InChI is InChI=1S/C9H17NO3/c1-2-7(5-10)9(11)13-8-3-4-12-6-8/h7-8H,2-6,10H2,1H3. The third kappa shape index (κ3) is 2.97. The van der Waals surface area contributed by atoms with Crippen LogP contribution in [0.3, 0.4) is 0 Å². The lowest BCUT2D eigenvalue weighted by atomic mass is 10.1. The third-order valence-electron chi connectivity index (χ3n) is 2.28. The summed E-state index contributed by atoms with van der Waals surface area (Å²) in [5.74, 6) is -0.332. The summed E-state index contributed by atoms with van der Waals surface area (Å²) < 4.78 is 10.3. The number of ether oxygens (including phenoxy) is 2. The van der Waals surface area contributed by atoms with E-state index >= 15 is 0 Å². The Labute approximate surface area is 78.4 Å². The Hall–Kier alpha value is -0.610. The fraction of sp³-hybridized carbons (Fsp3) is 0.889. The van der Waals surface area contributed by atoms with Crippen molar-refractivity contribution < 1.29 is 14.3 Å². The van der Waals surface area contributed by atoms with Crippen molar-refractivity contribution >= 4 is 5.97 Å². The summed E-state index contributed by atoms with van der Waals surface area (Å²) in [5, 5.41) is 0. The first kappa shape index (κ1) is 10.5. The van der Waals surface area contributed by atoms with Crippen LogP contribution in [0.5, 0.6) is 0 Å². The van der Waals surface area contributed by atoms with Gasteiger partial charge in [0.25, 0.3) is 0 Å². The molecule has 1 fully saturated rings. The molecule has 4 nitrogen and oxygen atoms in total. The predicted molar refractivity (Wildman–Crippen MR) is 48.2 cm³/mol. The van der Waals surface area contributed by atoms with Gasteiger partial charge < -0.3 is 15.2 Å². The monoisotopic (exact) mass is 187 g/mol. The van der Waals surface area contributed by atoms with Gasteiger partial charge in [0.15, 0.2) is 0 Å². The molecule has 1 saturated heterocycles. The molecule has 0 aromatic heterocycles. The summed E-state index contributed by atoms with van der Waals surface area (Å²) in [5.41, 5.74) is 5.43. The molecule has 1 heterocycles. The summed E-state index contributed by atoms with van der Waals surface area (Å²) in [6.07, 6.45) is 1.50. The van der Waals surface area contributed by atoms with E-state index < -0.39 is 0 Å². The van der Waals surface area contributed by atoms with Gasteiger partial charge in [-0.3, -0.25) is 4.79 Å². The first-order valence-electron chi connectivity index (χ1n) is 4.76. The van der Waals surface area contributed by atoms with E-state index in [2.05, 4.69) is 0 Å². The third-order valence-corrected chi connectivity index (χ3v) is 2.28. The zero-order valence-electron chi connectivity index (χ0n) is 7.99. The van der Waals surface area contributed by atoms with Gasteiger partial charge in [-0.2, -0.15) is 0 Å². The summed E-state index contributed by atoms with van der Waals surface area (Å²) >= 11 is 0. The minimum atomic E-state index is -0.180. The van der Waals surface area contributed by atoms with E-state index in [4.69, 9.17) is 15.2 Å². The van der Waals surface area contributed by atoms with E-state index in [1.54, 1.807) is 0 Å². The maximum atomic E-state index is 11.4. The highest BCUT2D eigenvalue weighted by Crippen LogP contribution is 2.12. The number of hydrogen-bond donors (Lipinski definition) is 1. The Kier molecular flexibility index (Phi) is 4.18. The molecule has 1 aliphatic heterocycles. The average Bonchev–Trinajstić information content (AvgIpc) is 2.59. The lowest BCUT2D eigenvalue weighted by molar-refractivity contribution is -0.153. The van der Waals surface area contributed by atoms with Crippen LogP contribution in [0.15, 0.2) is 0 Å². The molecule has 0 aromatic rings. The average molecular weight is 187 g/mol. The van der Waals surface area contributed by atoms with Gasteiger partial charge in [0.1, 0.15) is 6.10 Å². The maximum Gasteiger partial charge on any atom is 0.310 e. The molecule has 2 unspecified atom stereocenters. The van der Waals surface area contributed by atoms with Crippen LogP contribution in [0.25, 0.3) is 0 Å². The Morgan fingerprint density at radius 2 is 2.54 bits per heavy atom. The van der Waals surface area contributed by atoms with E-state index in [1.807, 2.05) is 6.92 Å². The minimum absolute atomic E-state index is 0.0481. The van der Waals surface area contributed by atoms with Crippen LogP contribution in [0.1, 0.15) is 19.8 Å². The summed E-state index contributed by atoms with van der Waals surface area (Å²) in [6, 6.07) is 0.